The van der Waals surface area contributed by atoms with Gasteiger partial charge in [-0.05, 0) is 45.7 Å². The molecule has 5 heteroatoms. The summed E-state index contributed by atoms with van der Waals surface area (Å²) in [5.74, 6) is 0.241. The fourth-order valence-electron chi connectivity index (χ4n) is 2.74. The number of rotatable bonds is 4. The molecule has 2 amide bonds. The first kappa shape index (κ1) is 18.3. The largest absolute Gasteiger partial charge is 0.483 e. The molecule has 0 aromatic heterocycles. The van der Waals surface area contributed by atoms with Crippen molar-refractivity contribution in [3.63, 3.8) is 0 Å². The number of carbonyl (C=O) groups is 2. The van der Waals surface area contributed by atoms with Gasteiger partial charge in [-0.1, -0.05) is 25.0 Å². The Morgan fingerprint density at radius 2 is 1.71 bits per heavy atom. The summed E-state index contributed by atoms with van der Waals surface area (Å²) in [6.07, 6.45) is 4.47. The van der Waals surface area contributed by atoms with Crippen LogP contribution in [0.25, 0.3) is 0 Å². The van der Waals surface area contributed by atoms with Gasteiger partial charge in [0.05, 0.1) is 5.56 Å². The van der Waals surface area contributed by atoms with E-state index < -0.39 is 0 Å². The van der Waals surface area contributed by atoms with Gasteiger partial charge in [0.1, 0.15) is 5.75 Å². The molecule has 0 unspecified atom stereocenters. The fourth-order valence-corrected chi connectivity index (χ4v) is 2.74. The monoisotopic (exact) mass is 332 g/mol. The van der Waals surface area contributed by atoms with Crippen molar-refractivity contribution in [2.45, 2.75) is 52.0 Å². The highest BCUT2D eigenvalue weighted by atomic mass is 16.5. The highest BCUT2D eigenvalue weighted by Gasteiger charge is 2.20. The summed E-state index contributed by atoms with van der Waals surface area (Å²) < 4.78 is 5.68. The van der Waals surface area contributed by atoms with Crippen LogP contribution in [0.5, 0.6) is 5.75 Å². The normalized spacial score (nSPS) is 15.5. The zero-order chi connectivity index (χ0) is 17.6. The minimum absolute atomic E-state index is 0.0112. The van der Waals surface area contributed by atoms with Crippen molar-refractivity contribution >= 4 is 11.8 Å². The van der Waals surface area contributed by atoms with Crippen molar-refractivity contribution in [3.05, 3.63) is 29.8 Å². The summed E-state index contributed by atoms with van der Waals surface area (Å²) in [4.78, 5) is 26.6. The third-order valence-electron chi connectivity index (χ3n) is 3.93. The molecule has 24 heavy (non-hydrogen) atoms. The average molecular weight is 332 g/mol. The highest BCUT2D eigenvalue weighted by Crippen LogP contribution is 2.19. The van der Waals surface area contributed by atoms with Crippen LogP contribution in [0.3, 0.4) is 0 Å². The maximum absolute atomic E-state index is 12.4. The number of nitrogens with one attached hydrogen (secondary N) is 1. The minimum atomic E-state index is -0.327. The molecule has 1 fully saturated rings. The molecule has 132 valence electrons. The molecular formula is C19H28N2O3. The second kappa shape index (κ2) is 8.18. The lowest BCUT2D eigenvalue weighted by Gasteiger charge is -2.22. The lowest BCUT2D eigenvalue weighted by atomic mass is 10.1. The van der Waals surface area contributed by atoms with Gasteiger partial charge in [-0.2, -0.15) is 0 Å². The fraction of sp³-hybridized carbons (Fsp3) is 0.579. The van der Waals surface area contributed by atoms with E-state index in [9.17, 15) is 9.59 Å². The smallest absolute Gasteiger partial charge is 0.260 e. The maximum Gasteiger partial charge on any atom is 0.260 e. The van der Waals surface area contributed by atoms with E-state index in [-0.39, 0.29) is 24.0 Å². The first-order chi connectivity index (χ1) is 11.4. The van der Waals surface area contributed by atoms with E-state index in [1.165, 1.54) is 12.8 Å². The van der Waals surface area contributed by atoms with Gasteiger partial charge in [0, 0.05) is 18.6 Å². The third-order valence-corrected chi connectivity index (χ3v) is 3.93. The molecule has 1 heterocycles. The van der Waals surface area contributed by atoms with Crippen LogP contribution in [0.4, 0.5) is 0 Å². The van der Waals surface area contributed by atoms with Crippen molar-refractivity contribution in [1.29, 1.82) is 0 Å². The number of hydrogen-bond acceptors (Lipinski definition) is 3. The second-order valence-corrected chi connectivity index (χ2v) is 7.28. The summed E-state index contributed by atoms with van der Waals surface area (Å²) in [6.45, 7) is 7.36. The van der Waals surface area contributed by atoms with Gasteiger partial charge in [0.2, 0.25) is 0 Å². The number of nitrogens with zero attached hydrogens (tertiary/aromatic N) is 1. The second-order valence-electron chi connectivity index (χ2n) is 7.28. The molecule has 5 nitrogen and oxygen atoms in total. The SMILES string of the molecule is CC(C)(C)NC(=O)c1ccccc1OCC(=O)N1CCCCCC1. The first-order valence-corrected chi connectivity index (χ1v) is 8.69. The zero-order valence-electron chi connectivity index (χ0n) is 14.9. The van der Waals surface area contributed by atoms with E-state index in [0.717, 1.165) is 25.9 Å². The zero-order valence-corrected chi connectivity index (χ0v) is 14.9. The molecule has 1 saturated heterocycles. The molecule has 0 spiro atoms. The van der Waals surface area contributed by atoms with Crippen LogP contribution in [0.2, 0.25) is 0 Å². The average Bonchev–Trinajstić information content (AvgIpc) is 2.80. The van der Waals surface area contributed by atoms with Crippen molar-refractivity contribution in [3.8, 4) is 5.75 Å². The Balaban J connectivity index is 1.99. The molecule has 1 aromatic rings. The molecule has 0 saturated carbocycles. The molecule has 1 aromatic carbocycles. The summed E-state index contributed by atoms with van der Waals surface area (Å²) in [7, 11) is 0. The summed E-state index contributed by atoms with van der Waals surface area (Å²) in [5, 5.41) is 2.92. The third kappa shape index (κ3) is 5.55. The summed E-state index contributed by atoms with van der Waals surface area (Å²) >= 11 is 0. The van der Waals surface area contributed by atoms with Gasteiger partial charge >= 0.3 is 0 Å². The predicted molar refractivity (Wildman–Crippen MR) is 94.2 cm³/mol. The Morgan fingerprint density at radius 3 is 2.33 bits per heavy atom. The van der Waals surface area contributed by atoms with Gasteiger partial charge in [-0.15, -0.1) is 0 Å². The Morgan fingerprint density at radius 1 is 1.08 bits per heavy atom. The number of para-hydroxylation sites is 1. The van der Waals surface area contributed by atoms with Crippen LogP contribution in [0, 0.1) is 0 Å². The molecule has 1 N–H and O–H groups in total. The van der Waals surface area contributed by atoms with Crippen molar-refractivity contribution in [2.75, 3.05) is 19.7 Å². The van der Waals surface area contributed by atoms with Crippen molar-refractivity contribution in [1.82, 2.24) is 10.2 Å². The molecule has 1 aliphatic rings. The Labute approximate surface area is 144 Å². The van der Waals surface area contributed by atoms with E-state index in [2.05, 4.69) is 5.32 Å². The van der Waals surface area contributed by atoms with Gasteiger partial charge in [-0.25, -0.2) is 0 Å². The number of amides is 2. The Bertz CT molecular complexity index is 570. The van der Waals surface area contributed by atoms with Crippen LogP contribution < -0.4 is 10.1 Å². The first-order valence-electron chi connectivity index (χ1n) is 8.69. The Hall–Kier alpha value is -2.04. The quantitative estimate of drug-likeness (QED) is 0.922. The van der Waals surface area contributed by atoms with Crippen molar-refractivity contribution in [2.24, 2.45) is 0 Å². The lowest BCUT2D eigenvalue weighted by Crippen LogP contribution is -2.41. The van der Waals surface area contributed by atoms with Gasteiger partial charge in [-0.3, -0.25) is 9.59 Å². The van der Waals surface area contributed by atoms with Gasteiger partial charge < -0.3 is 15.0 Å². The van der Waals surface area contributed by atoms with E-state index in [0.29, 0.717) is 11.3 Å². The number of likely N-dealkylation sites (tertiary alicyclic amines) is 1. The standard InChI is InChI=1S/C19H28N2O3/c1-19(2,3)20-18(23)15-10-6-7-11-16(15)24-14-17(22)21-12-8-4-5-9-13-21/h6-7,10-11H,4-5,8-9,12-14H2,1-3H3,(H,20,23). The number of carbonyl (C=O) groups excluding carboxylic acids is 2. The topological polar surface area (TPSA) is 58.6 Å². The summed E-state index contributed by atoms with van der Waals surface area (Å²) in [6, 6.07) is 7.04. The molecule has 1 aliphatic heterocycles. The number of ether oxygens (including phenoxy) is 1. The number of benzene rings is 1. The van der Waals surface area contributed by atoms with Crippen LogP contribution in [0.1, 0.15) is 56.8 Å². The minimum Gasteiger partial charge on any atom is -0.483 e. The molecule has 0 atom stereocenters. The Kier molecular flexibility index (Phi) is 6.23. The van der Waals surface area contributed by atoms with Gasteiger partial charge in [0.15, 0.2) is 6.61 Å². The molecule has 0 aliphatic carbocycles. The lowest BCUT2D eigenvalue weighted by molar-refractivity contribution is -0.133. The highest BCUT2D eigenvalue weighted by molar-refractivity contribution is 5.97. The van der Waals surface area contributed by atoms with Crippen molar-refractivity contribution < 1.29 is 14.3 Å². The number of hydrogen-bond donors (Lipinski definition) is 1. The van der Waals surface area contributed by atoms with E-state index >= 15 is 0 Å². The predicted octanol–water partition coefficient (Wildman–Crippen LogP) is 3.00. The molecule has 2 rings (SSSR count). The van der Waals surface area contributed by atoms with Crippen LogP contribution in [-0.2, 0) is 4.79 Å². The molecule has 0 bridgehead atoms. The van der Waals surface area contributed by atoms with E-state index in [1.807, 2.05) is 25.7 Å². The van der Waals surface area contributed by atoms with E-state index in [1.54, 1.807) is 24.3 Å². The van der Waals surface area contributed by atoms with Crippen LogP contribution in [0.15, 0.2) is 24.3 Å². The van der Waals surface area contributed by atoms with E-state index in [4.69, 9.17) is 4.74 Å². The van der Waals surface area contributed by atoms with Crippen LogP contribution >= 0.6 is 0 Å². The van der Waals surface area contributed by atoms with Gasteiger partial charge in [0.25, 0.3) is 11.8 Å². The van der Waals surface area contributed by atoms with Crippen LogP contribution in [-0.4, -0.2) is 41.9 Å². The summed E-state index contributed by atoms with van der Waals surface area (Å²) in [5.41, 5.74) is 0.127. The molecule has 0 radical (unpaired) electrons. The maximum atomic E-state index is 12.4. The molecular weight excluding hydrogens is 304 g/mol.